The van der Waals surface area contributed by atoms with Gasteiger partial charge in [0.15, 0.2) is 5.82 Å². The van der Waals surface area contributed by atoms with E-state index in [9.17, 15) is 9.59 Å². The van der Waals surface area contributed by atoms with Gasteiger partial charge < -0.3 is 9.88 Å². The monoisotopic (exact) mass is 361 g/mol. The van der Waals surface area contributed by atoms with Gasteiger partial charge in [0, 0.05) is 36.3 Å². The molecular weight excluding hydrogens is 338 g/mol. The molecule has 0 saturated heterocycles. The number of unbranched alkanes of at least 4 members (excludes halogenated alkanes) is 1. The smallest absolute Gasteiger partial charge is 0.255 e. The van der Waals surface area contributed by atoms with Gasteiger partial charge >= 0.3 is 0 Å². The third-order valence-electron chi connectivity index (χ3n) is 4.46. The second kappa shape index (κ2) is 8.45. The molecule has 0 saturated carbocycles. The van der Waals surface area contributed by atoms with Crippen molar-refractivity contribution in [3.8, 4) is 0 Å². The highest BCUT2D eigenvalue weighted by molar-refractivity contribution is 6.07. The number of aryl methyl sites for hydroxylation is 2. The van der Waals surface area contributed by atoms with Crippen LogP contribution in [0.5, 0.6) is 0 Å². The minimum atomic E-state index is -0.166. The molecular formula is C22H23N3O2. The van der Waals surface area contributed by atoms with Crippen molar-refractivity contribution in [1.29, 1.82) is 0 Å². The first-order valence-corrected chi connectivity index (χ1v) is 9.11. The SMILES string of the molecule is CCCCc1ccc(C(=O)Nc2ccc(C(=O)c3nccn3C)cc2)cc1. The molecule has 1 heterocycles. The molecule has 27 heavy (non-hydrogen) atoms. The van der Waals surface area contributed by atoms with E-state index in [0.717, 1.165) is 19.3 Å². The molecule has 0 bridgehead atoms. The van der Waals surface area contributed by atoms with Crippen LogP contribution in [-0.4, -0.2) is 21.2 Å². The zero-order chi connectivity index (χ0) is 19.2. The lowest BCUT2D eigenvalue weighted by Crippen LogP contribution is -2.12. The van der Waals surface area contributed by atoms with Gasteiger partial charge in [0.05, 0.1) is 0 Å². The molecule has 0 atom stereocenters. The number of amides is 1. The maximum absolute atomic E-state index is 12.4. The maximum atomic E-state index is 12.4. The van der Waals surface area contributed by atoms with E-state index in [1.807, 2.05) is 24.3 Å². The molecule has 0 fully saturated rings. The number of aromatic nitrogens is 2. The highest BCUT2D eigenvalue weighted by atomic mass is 16.1. The number of hydrogen-bond acceptors (Lipinski definition) is 3. The van der Waals surface area contributed by atoms with E-state index in [4.69, 9.17) is 0 Å². The maximum Gasteiger partial charge on any atom is 0.255 e. The molecule has 2 aromatic carbocycles. The van der Waals surface area contributed by atoms with E-state index in [2.05, 4.69) is 17.2 Å². The van der Waals surface area contributed by atoms with Crippen LogP contribution in [0, 0.1) is 0 Å². The molecule has 0 radical (unpaired) electrons. The fourth-order valence-corrected chi connectivity index (χ4v) is 2.83. The number of hydrogen-bond donors (Lipinski definition) is 1. The van der Waals surface area contributed by atoms with Gasteiger partial charge in [0.25, 0.3) is 5.91 Å². The van der Waals surface area contributed by atoms with Gasteiger partial charge in [0.1, 0.15) is 0 Å². The molecule has 0 aliphatic carbocycles. The Morgan fingerprint density at radius 2 is 1.67 bits per heavy atom. The van der Waals surface area contributed by atoms with Crippen molar-refractivity contribution < 1.29 is 9.59 Å². The lowest BCUT2D eigenvalue weighted by molar-refractivity contribution is 0.102. The summed E-state index contributed by atoms with van der Waals surface area (Å²) in [7, 11) is 1.78. The Hall–Kier alpha value is -3.21. The summed E-state index contributed by atoms with van der Waals surface area (Å²) >= 11 is 0. The molecule has 3 rings (SSSR count). The Morgan fingerprint density at radius 1 is 1.00 bits per heavy atom. The summed E-state index contributed by atoms with van der Waals surface area (Å²) in [6.45, 7) is 2.16. The average molecular weight is 361 g/mol. The van der Waals surface area contributed by atoms with Crippen LogP contribution in [-0.2, 0) is 13.5 Å². The highest BCUT2D eigenvalue weighted by Crippen LogP contribution is 2.15. The van der Waals surface area contributed by atoms with E-state index < -0.39 is 0 Å². The minimum absolute atomic E-state index is 0.150. The number of ketones is 1. The molecule has 0 aliphatic rings. The van der Waals surface area contributed by atoms with Crippen molar-refractivity contribution >= 4 is 17.4 Å². The fraction of sp³-hybridized carbons (Fsp3) is 0.227. The van der Waals surface area contributed by atoms with Gasteiger partial charge in [-0.25, -0.2) is 4.98 Å². The second-order valence-electron chi connectivity index (χ2n) is 6.52. The van der Waals surface area contributed by atoms with Crippen molar-refractivity contribution in [2.45, 2.75) is 26.2 Å². The predicted octanol–water partition coefficient (Wildman–Crippen LogP) is 4.25. The van der Waals surface area contributed by atoms with E-state index in [-0.39, 0.29) is 11.7 Å². The first-order valence-electron chi connectivity index (χ1n) is 9.11. The van der Waals surface area contributed by atoms with Crippen molar-refractivity contribution in [3.63, 3.8) is 0 Å². The number of carbonyl (C=O) groups is 2. The summed E-state index contributed by atoms with van der Waals surface area (Å²) in [6.07, 6.45) is 6.66. The van der Waals surface area contributed by atoms with E-state index in [1.165, 1.54) is 5.56 Å². The zero-order valence-electron chi connectivity index (χ0n) is 15.6. The summed E-state index contributed by atoms with van der Waals surface area (Å²) < 4.78 is 1.68. The number of anilines is 1. The summed E-state index contributed by atoms with van der Waals surface area (Å²) in [4.78, 5) is 28.9. The van der Waals surface area contributed by atoms with Gasteiger partial charge in [-0.15, -0.1) is 0 Å². The van der Waals surface area contributed by atoms with Crippen LogP contribution in [0.1, 0.15) is 51.9 Å². The topological polar surface area (TPSA) is 64.0 Å². The van der Waals surface area contributed by atoms with Crippen molar-refractivity contribution in [2.24, 2.45) is 7.05 Å². The number of benzene rings is 2. The van der Waals surface area contributed by atoms with Crippen LogP contribution in [0.4, 0.5) is 5.69 Å². The van der Waals surface area contributed by atoms with E-state index in [0.29, 0.717) is 22.6 Å². The van der Waals surface area contributed by atoms with Crippen LogP contribution in [0.2, 0.25) is 0 Å². The molecule has 1 N–H and O–H groups in total. The summed E-state index contributed by atoms with van der Waals surface area (Å²) in [5.41, 5.74) is 3.03. The lowest BCUT2D eigenvalue weighted by atomic mass is 10.1. The second-order valence-corrected chi connectivity index (χ2v) is 6.52. The number of rotatable bonds is 7. The average Bonchev–Trinajstić information content (AvgIpc) is 3.12. The van der Waals surface area contributed by atoms with Crippen molar-refractivity contribution in [3.05, 3.63) is 83.4 Å². The Balaban J connectivity index is 1.65. The van der Waals surface area contributed by atoms with Gasteiger partial charge in [-0.3, -0.25) is 9.59 Å². The zero-order valence-corrected chi connectivity index (χ0v) is 15.6. The largest absolute Gasteiger partial charge is 0.331 e. The third-order valence-corrected chi connectivity index (χ3v) is 4.46. The Bertz CT molecular complexity index is 925. The highest BCUT2D eigenvalue weighted by Gasteiger charge is 2.14. The summed E-state index contributed by atoms with van der Waals surface area (Å²) in [5, 5.41) is 2.86. The van der Waals surface area contributed by atoms with Crippen LogP contribution in [0.3, 0.4) is 0 Å². The molecule has 0 aliphatic heterocycles. The molecule has 5 nitrogen and oxygen atoms in total. The van der Waals surface area contributed by atoms with E-state index >= 15 is 0 Å². The van der Waals surface area contributed by atoms with Crippen LogP contribution in [0.25, 0.3) is 0 Å². The molecule has 3 aromatic rings. The summed E-state index contributed by atoms with van der Waals surface area (Å²) in [5.74, 6) is 0.0678. The molecule has 138 valence electrons. The predicted molar refractivity (Wildman–Crippen MR) is 106 cm³/mol. The third kappa shape index (κ3) is 4.50. The molecule has 1 aromatic heterocycles. The molecule has 1 amide bonds. The summed E-state index contributed by atoms with van der Waals surface area (Å²) in [6, 6.07) is 14.5. The standard InChI is InChI=1S/C22H23N3O2/c1-3-4-5-16-6-8-18(9-7-16)22(27)24-19-12-10-17(11-13-19)20(26)21-23-14-15-25(21)2/h6-15H,3-5H2,1-2H3,(H,24,27). The number of nitrogens with one attached hydrogen (secondary N) is 1. The van der Waals surface area contributed by atoms with Crippen molar-refractivity contribution in [1.82, 2.24) is 9.55 Å². The molecule has 0 unspecified atom stereocenters. The van der Waals surface area contributed by atoms with Gasteiger partial charge in [0.2, 0.25) is 5.78 Å². The lowest BCUT2D eigenvalue weighted by Gasteiger charge is -2.07. The van der Waals surface area contributed by atoms with Gasteiger partial charge in [-0.1, -0.05) is 25.5 Å². The van der Waals surface area contributed by atoms with Gasteiger partial charge in [-0.2, -0.15) is 0 Å². The normalized spacial score (nSPS) is 10.6. The number of carbonyl (C=O) groups excluding carboxylic acids is 2. The minimum Gasteiger partial charge on any atom is -0.331 e. The number of imidazole rings is 1. The fourth-order valence-electron chi connectivity index (χ4n) is 2.83. The van der Waals surface area contributed by atoms with Crippen LogP contribution >= 0.6 is 0 Å². The Labute approximate surface area is 159 Å². The van der Waals surface area contributed by atoms with Crippen molar-refractivity contribution in [2.75, 3.05) is 5.32 Å². The Kier molecular flexibility index (Phi) is 5.81. The van der Waals surface area contributed by atoms with Gasteiger partial charge in [-0.05, 0) is 54.8 Å². The van der Waals surface area contributed by atoms with Crippen LogP contribution < -0.4 is 5.32 Å². The molecule has 0 spiro atoms. The quantitative estimate of drug-likeness (QED) is 0.640. The number of nitrogens with zero attached hydrogens (tertiary/aromatic N) is 2. The molecule has 5 heteroatoms. The first-order chi connectivity index (χ1) is 13.1. The van der Waals surface area contributed by atoms with E-state index in [1.54, 1.807) is 48.3 Å². The van der Waals surface area contributed by atoms with Crippen LogP contribution in [0.15, 0.2) is 60.9 Å². The first kappa shape index (κ1) is 18.6. The Morgan fingerprint density at radius 3 is 2.26 bits per heavy atom.